The molecule has 1 saturated carbocycles. The van der Waals surface area contributed by atoms with E-state index in [-0.39, 0.29) is 16.8 Å². The molecule has 2 aliphatic rings. The van der Waals surface area contributed by atoms with E-state index < -0.39 is 21.3 Å². The Morgan fingerprint density at radius 3 is 2.18 bits per heavy atom. The average Bonchev–Trinajstić information content (AvgIpc) is 2.84. The van der Waals surface area contributed by atoms with Gasteiger partial charge in [-0.2, -0.15) is 0 Å². The van der Waals surface area contributed by atoms with Gasteiger partial charge in [0.05, 0.1) is 17.4 Å². The van der Waals surface area contributed by atoms with Gasteiger partial charge in [0.1, 0.15) is 11.6 Å². The van der Waals surface area contributed by atoms with E-state index in [0.29, 0.717) is 25.9 Å². The molecule has 6 nitrogen and oxygen atoms in total. The van der Waals surface area contributed by atoms with Crippen LogP contribution in [0.1, 0.15) is 50.5 Å². The molecular weight excluding hydrogens is 443 g/mol. The SMILES string of the molecule is COc1ccc(C2(C(=O)N3CCC(NS(=O)(=O)c4ccc(F)cc4)CC3)CCCCC2)cc1. The number of hydrogen-bond acceptors (Lipinski definition) is 4. The third-order valence-corrected chi connectivity index (χ3v) is 8.52. The molecule has 0 unspecified atom stereocenters. The molecule has 4 rings (SSSR count). The van der Waals surface area contributed by atoms with E-state index in [1.807, 2.05) is 29.2 Å². The summed E-state index contributed by atoms with van der Waals surface area (Å²) >= 11 is 0. The zero-order valence-electron chi connectivity index (χ0n) is 18.9. The number of benzene rings is 2. The van der Waals surface area contributed by atoms with Crippen molar-refractivity contribution in [3.05, 3.63) is 59.9 Å². The molecule has 1 amide bonds. The Morgan fingerprint density at radius 1 is 1.00 bits per heavy atom. The maximum absolute atomic E-state index is 13.8. The average molecular weight is 475 g/mol. The van der Waals surface area contributed by atoms with E-state index in [0.717, 1.165) is 55.5 Å². The summed E-state index contributed by atoms with van der Waals surface area (Å²) in [6.45, 7) is 1.01. The molecule has 0 spiro atoms. The smallest absolute Gasteiger partial charge is 0.240 e. The predicted molar refractivity (Wildman–Crippen MR) is 124 cm³/mol. The summed E-state index contributed by atoms with van der Waals surface area (Å²) in [6.07, 6.45) is 5.93. The molecule has 0 bridgehead atoms. The number of nitrogens with zero attached hydrogens (tertiary/aromatic N) is 1. The maximum atomic E-state index is 13.8. The van der Waals surface area contributed by atoms with E-state index in [1.54, 1.807) is 7.11 Å². The van der Waals surface area contributed by atoms with E-state index in [4.69, 9.17) is 4.74 Å². The number of methoxy groups -OCH3 is 1. The number of sulfonamides is 1. The van der Waals surface area contributed by atoms with Gasteiger partial charge in [0.2, 0.25) is 15.9 Å². The molecule has 2 fully saturated rings. The summed E-state index contributed by atoms with van der Waals surface area (Å²) in [5, 5.41) is 0. The van der Waals surface area contributed by atoms with Crippen molar-refractivity contribution in [3.8, 4) is 5.75 Å². The van der Waals surface area contributed by atoms with Crippen LogP contribution in [0.25, 0.3) is 0 Å². The van der Waals surface area contributed by atoms with E-state index in [9.17, 15) is 17.6 Å². The van der Waals surface area contributed by atoms with Crippen LogP contribution in [0.4, 0.5) is 4.39 Å². The van der Waals surface area contributed by atoms with Crippen molar-refractivity contribution in [2.45, 2.75) is 61.3 Å². The fourth-order valence-electron chi connectivity index (χ4n) is 5.10. The highest BCUT2D eigenvalue weighted by Gasteiger charge is 2.44. The molecule has 0 radical (unpaired) electrons. The van der Waals surface area contributed by atoms with Gasteiger partial charge >= 0.3 is 0 Å². The summed E-state index contributed by atoms with van der Waals surface area (Å²) in [4.78, 5) is 15.7. The standard InChI is InChI=1S/C25H31FN2O4S/c1-32-22-9-5-19(6-10-22)25(15-3-2-4-16-25)24(29)28-17-13-21(14-18-28)27-33(30,31)23-11-7-20(26)8-12-23/h5-12,21,27H,2-4,13-18H2,1H3. The Morgan fingerprint density at radius 2 is 1.61 bits per heavy atom. The number of likely N-dealkylation sites (tertiary alicyclic amines) is 1. The number of carbonyl (C=O) groups excluding carboxylic acids is 1. The fourth-order valence-corrected chi connectivity index (χ4v) is 6.40. The second-order valence-electron chi connectivity index (χ2n) is 9.01. The molecule has 178 valence electrons. The van der Waals surface area contributed by atoms with Crippen LogP contribution in [0.3, 0.4) is 0 Å². The molecule has 0 aromatic heterocycles. The molecule has 1 saturated heterocycles. The van der Waals surface area contributed by atoms with Gasteiger partial charge < -0.3 is 9.64 Å². The lowest BCUT2D eigenvalue weighted by molar-refractivity contribution is -0.140. The number of hydrogen-bond donors (Lipinski definition) is 1. The number of carbonyl (C=O) groups is 1. The Hall–Kier alpha value is -2.45. The van der Waals surface area contributed by atoms with Crippen molar-refractivity contribution < 1.29 is 22.3 Å². The summed E-state index contributed by atoms with van der Waals surface area (Å²) in [5.41, 5.74) is 0.512. The van der Waals surface area contributed by atoms with Crippen molar-refractivity contribution >= 4 is 15.9 Å². The second kappa shape index (κ2) is 9.81. The summed E-state index contributed by atoms with van der Waals surface area (Å²) in [5.74, 6) is 0.438. The first-order valence-corrected chi connectivity index (χ1v) is 13.0. The maximum Gasteiger partial charge on any atom is 0.240 e. The topological polar surface area (TPSA) is 75.7 Å². The highest BCUT2D eigenvalue weighted by Crippen LogP contribution is 2.42. The van der Waals surface area contributed by atoms with Crippen molar-refractivity contribution in [1.29, 1.82) is 0 Å². The number of amides is 1. The molecule has 8 heteroatoms. The minimum absolute atomic E-state index is 0.0445. The first-order chi connectivity index (χ1) is 15.8. The Bertz CT molecular complexity index is 1060. The van der Waals surface area contributed by atoms with Gasteiger partial charge in [-0.25, -0.2) is 17.5 Å². The van der Waals surface area contributed by atoms with Crippen LogP contribution in [0.15, 0.2) is 53.4 Å². The Labute approximate surface area is 195 Å². The quantitative estimate of drug-likeness (QED) is 0.687. The van der Waals surface area contributed by atoms with Gasteiger partial charge in [-0.3, -0.25) is 4.79 Å². The third kappa shape index (κ3) is 5.06. The van der Waals surface area contributed by atoms with Crippen LogP contribution >= 0.6 is 0 Å². The summed E-state index contributed by atoms with van der Waals surface area (Å²) in [6, 6.07) is 12.4. The molecule has 1 N–H and O–H groups in total. The zero-order chi connectivity index (χ0) is 23.5. The molecule has 33 heavy (non-hydrogen) atoms. The van der Waals surface area contributed by atoms with Gasteiger partial charge in [0, 0.05) is 19.1 Å². The van der Waals surface area contributed by atoms with Gasteiger partial charge in [-0.15, -0.1) is 0 Å². The molecule has 1 aliphatic heterocycles. The van der Waals surface area contributed by atoms with Gasteiger partial charge in [0.15, 0.2) is 0 Å². The molecular formula is C25H31FN2O4S. The Balaban J connectivity index is 1.44. The van der Waals surface area contributed by atoms with Gasteiger partial charge in [0.25, 0.3) is 0 Å². The van der Waals surface area contributed by atoms with Crippen molar-refractivity contribution in [2.24, 2.45) is 0 Å². The number of piperidine rings is 1. The number of nitrogens with one attached hydrogen (secondary N) is 1. The molecule has 1 heterocycles. The molecule has 2 aromatic rings. The zero-order valence-corrected chi connectivity index (χ0v) is 19.7. The lowest BCUT2D eigenvalue weighted by Gasteiger charge is -2.42. The van der Waals surface area contributed by atoms with Crippen LogP contribution in [0, 0.1) is 5.82 Å². The van der Waals surface area contributed by atoms with Crippen LogP contribution in [-0.4, -0.2) is 45.5 Å². The van der Waals surface area contributed by atoms with Crippen LogP contribution in [-0.2, 0) is 20.2 Å². The largest absolute Gasteiger partial charge is 0.497 e. The summed E-state index contributed by atoms with van der Waals surface area (Å²) < 4.78 is 46.4. The highest BCUT2D eigenvalue weighted by molar-refractivity contribution is 7.89. The van der Waals surface area contributed by atoms with Crippen molar-refractivity contribution in [2.75, 3.05) is 20.2 Å². The normalized spacial score (nSPS) is 19.3. The monoisotopic (exact) mass is 474 g/mol. The second-order valence-corrected chi connectivity index (χ2v) is 10.7. The minimum Gasteiger partial charge on any atom is -0.497 e. The minimum atomic E-state index is -3.73. The first kappa shape index (κ1) is 23.7. The van der Waals surface area contributed by atoms with Crippen molar-refractivity contribution in [1.82, 2.24) is 9.62 Å². The van der Waals surface area contributed by atoms with Gasteiger partial charge in [-0.05, 0) is 67.6 Å². The van der Waals surface area contributed by atoms with Gasteiger partial charge in [-0.1, -0.05) is 31.4 Å². The number of ether oxygens (including phenoxy) is 1. The third-order valence-electron chi connectivity index (χ3n) is 6.99. The first-order valence-electron chi connectivity index (χ1n) is 11.6. The van der Waals surface area contributed by atoms with Crippen LogP contribution < -0.4 is 9.46 Å². The van der Waals surface area contributed by atoms with E-state index in [2.05, 4.69) is 4.72 Å². The van der Waals surface area contributed by atoms with E-state index >= 15 is 0 Å². The fraction of sp³-hybridized carbons (Fsp3) is 0.480. The predicted octanol–water partition coefficient (Wildman–Crippen LogP) is 4.01. The molecule has 1 aliphatic carbocycles. The molecule has 0 atom stereocenters. The van der Waals surface area contributed by atoms with Crippen molar-refractivity contribution in [3.63, 3.8) is 0 Å². The molecule has 2 aromatic carbocycles. The number of rotatable bonds is 6. The Kier molecular flexibility index (Phi) is 7.05. The lowest BCUT2D eigenvalue weighted by atomic mass is 9.68. The van der Waals surface area contributed by atoms with E-state index in [1.165, 1.54) is 12.1 Å². The summed E-state index contributed by atoms with van der Waals surface area (Å²) in [7, 11) is -2.10. The number of halogens is 1. The highest BCUT2D eigenvalue weighted by atomic mass is 32.2. The lowest BCUT2D eigenvalue weighted by Crippen LogP contribution is -2.53. The van der Waals surface area contributed by atoms with Crippen LogP contribution in [0.2, 0.25) is 0 Å². The van der Waals surface area contributed by atoms with Crippen LogP contribution in [0.5, 0.6) is 5.75 Å².